The van der Waals surface area contributed by atoms with Crippen LogP contribution in [0.1, 0.15) is 5.56 Å². The molecule has 1 heterocycles. The lowest BCUT2D eigenvalue weighted by Gasteiger charge is -2.32. The maximum atomic E-state index is 12.4. The van der Waals surface area contributed by atoms with Crippen molar-refractivity contribution in [2.45, 2.75) is 11.0 Å². The molecule has 0 aliphatic carbocycles. The van der Waals surface area contributed by atoms with Gasteiger partial charge in [-0.05, 0) is 35.7 Å². The second kappa shape index (κ2) is 9.86. The number of thioether (sulfide) groups is 1. The lowest BCUT2D eigenvalue weighted by Crippen LogP contribution is -2.47. The van der Waals surface area contributed by atoms with Gasteiger partial charge >= 0.3 is 0 Å². The van der Waals surface area contributed by atoms with E-state index in [9.17, 15) is 4.79 Å². The van der Waals surface area contributed by atoms with Crippen LogP contribution in [-0.2, 0) is 9.53 Å². The first-order chi connectivity index (χ1) is 13.2. The number of benzene rings is 2. The van der Waals surface area contributed by atoms with Gasteiger partial charge in [-0.3, -0.25) is 4.79 Å². The van der Waals surface area contributed by atoms with Crippen LogP contribution in [0.15, 0.2) is 71.0 Å². The molecule has 2 aromatic rings. The summed E-state index contributed by atoms with van der Waals surface area (Å²) in [5, 5.41) is 1.82. The molecule has 0 radical (unpaired) electrons. The van der Waals surface area contributed by atoms with Crippen molar-refractivity contribution >= 4 is 17.7 Å². The van der Waals surface area contributed by atoms with Crippen molar-refractivity contribution in [2.75, 3.05) is 26.3 Å². The minimum Gasteiger partial charge on any atom is -0.491 e. The first-order valence-electron chi connectivity index (χ1n) is 8.73. The standard InChI is InChI=1S/C22H21NO3S/c1-2-18-7-6-8-19(15-18)26-17-20-16-23(12-13-25-20)22(24)11-14-27-21-9-4-3-5-10-21/h1,3-11,14-15,20H,12-13,16-17H2/b14-11+. The predicted molar refractivity (Wildman–Crippen MR) is 108 cm³/mol. The molecule has 1 amide bonds. The van der Waals surface area contributed by atoms with Crippen molar-refractivity contribution in [1.82, 2.24) is 4.90 Å². The molecule has 0 N–H and O–H groups in total. The molecular formula is C22H21NO3S. The van der Waals surface area contributed by atoms with Gasteiger partial charge in [0.25, 0.3) is 0 Å². The summed E-state index contributed by atoms with van der Waals surface area (Å²) in [4.78, 5) is 15.3. The number of carbonyl (C=O) groups excluding carboxylic acids is 1. The molecule has 5 heteroatoms. The van der Waals surface area contributed by atoms with Crippen LogP contribution in [0.25, 0.3) is 0 Å². The minimum absolute atomic E-state index is 0.0129. The van der Waals surface area contributed by atoms with Crippen molar-refractivity contribution in [1.29, 1.82) is 0 Å². The molecule has 1 unspecified atom stereocenters. The number of terminal acetylenes is 1. The summed E-state index contributed by atoms with van der Waals surface area (Å²) in [5.41, 5.74) is 0.773. The fourth-order valence-electron chi connectivity index (χ4n) is 2.66. The molecule has 27 heavy (non-hydrogen) atoms. The Morgan fingerprint density at radius 3 is 2.96 bits per heavy atom. The second-order valence-corrected chi connectivity index (χ2v) is 6.97. The lowest BCUT2D eigenvalue weighted by atomic mass is 10.2. The van der Waals surface area contributed by atoms with E-state index in [2.05, 4.69) is 5.92 Å². The van der Waals surface area contributed by atoms with E-state index in [1.54, 1.807) is 11.0 Å². The predicted octanol–water partition coefficient (Wildman–Crippen LogP) is 3.58. The zero-order valence-corrected chi connectivity index (χ0v) is 15.7. The summed E-state index contributed by atoms with van der Waals surface area (Å²) in [6, 6.07) is 17.3. The van der Waals surface area contributed by atoms with Gasteiger partial charge in [-0.1, -0.05) is 41.9 Å². The number of ether oxygens (including phenoxy) is 2. The van der Waals surface area contributed by atoms with E-state index in [-0.39, 0.29) is 12.0 Å². The van der Waals surface area contributed by atoms with Crippen LogP contribution in [0.5, 0.6) is 5.75 Å². The van der Waals surface area contributed by atoms with Gasteiger partial charge in [0.05, 0.1) is 13.2 Å². The second-order valence-electron chi connectivity index (χ2n) is 5.99. The van der Waals surface area contributed by atoms with E-state index >= 15 is 0 Å². The topological polar surface area (TPSA) is 38.8 Å². The molecule has 1 aliphatic rings. The minimum atomic E-state index is -0.160. The number of morpholine rings is 1. The summed E-state index contributed by atoms with van der Waals surface area (Å²) in [6.45, 7) is 1.97. The number of carbonyl (C=O) groups is 1. The van der Waals surface area contributed by atoms with Gasteiger partial charge in [0.15, 0.2) is 0 Å². The van der Waals surface area contributed by atoms with Crippen LogP contribution in [-0.4, -0.2) is 43.2 Å². The van der Waals surface area contributed by atoms with Gasteiger partial charge in [0, 0.05) is 23.1 Å². The van der Waals surface area contributed by atoms with Crippen LogP contribution in [0, 0.1) is 12.3 Å². The van der Waals surface area contributed by atoms with Crippen LogP contribution >= 0.6 is 11.8 Å². The molecule has 0 aromatic heterocycles. The maximum Gasteiger partial charge on any atom is 0.247 e. The Bertz CT molecular complexity index is 829. The molecule has 0 bridgehead atoms. The highest BCUT2D eigenvalue weighted by Gasteiger charge is 2.23. The smallest absolute Gasteiger partial charge is 0.247 e. The number of hydrogen-bond donors (Lipinski definition) is 0. The Morgan fingerprint density at radius 2 is 2.15 bits per heavy atom. The monoisotopic (exact) mass is 379 g/mol. The summed E-state index contributed by atoms with van der Waals surface area (Å²) >= 11 is 1.52. The zero-order chi connectivity index (χ0) is 18.9. The molecule has 4 nitrogen and oxygen atoms in total. The Hall–Kier alpha value is -2.68. The zero-order valence-electron chi connectivity index (χ0n) is 14.9. The quantitative estimate of drug-likeness (QED) is 0.437. The first-order valence-corrected chi connectivity index (χ1v) is 9.61. The average molecular weight is 379 g/mol. The molecule has 138 valence electrons. The van der Waals surface area contributed by atoms with Gasteiger partial charge in [-0.2, -0.15) is 0 Å². The number of nitrogens with zero attached hydrogens (tertiary/aromatic N) is 1. The fraction of sp³-hybridized carbons (Fsp3) is 0.227. The summed E-state index contributed by atoms with van der Waals surface area (Å²) in [7, 11) is 0. The highest BCUT2D eigenvalue weighted by atomic mass is 32.2. The summed E-state index contributed by atoms with van der Waals surface area (Å²) < 4.78 is 11.5. The lowest BCUT2D eigenvalue weighted by molar-refractivity contribution is -0.134. The third-order valence-corrected chi connectivity index (χ3v) is 4.86. The van der Waals surface area contributed by atoms with E-state index in [1.807, 2.05) is 60.0 Å². The van der Waals surface area contributed by atoms with E-state index in [0.29, 0.717) is 32.1 Å². The number of hydrogen-bond acceptors (Lipinski definition) is 4. The van der Waals surface area contributed by atoms with Crippen LogP contribution in [0.4, 0.5) is 0 Å². The molecule has 1 aliphatic heterocycles. The van der Waals surface area contributed by atoms with Crippen LogP contribution in [0.3, 0.4) is 0 Å². The van der Waals surface area contributed by atoms with Gasteiger partial charge < -0.3 is 14.4 Å². The highest BCUT2D eigenvalue weighted by Crippen LogP contribution is 2.18. The molecule has 1 saturated heterocycles. The molecule has 2 aromatic carbocycles. The van der Waals surface area contributed by atoms with E-state index in [0.717, 1.165) is 10.5 Å². The van der Waals surface area contributed by atoms with Crippen molar-refractivity contribution in [3.63, 3.8) is 0 Å². The number of rotatable bonds is 6. The largest absolute Gasteiger partial charge is 0.491 e. The van der Waals surface area contributed by atoms with E-state index in [4.69, 9.17) is 15.9 Å². The SMILES string of the molecule is C#Cc1cccc(OCC2CN(C(=O)/C=C/Sc3ccccc3)CCO2)c1. The average Bonchev–Trinajstić information content (AvgIpc) is 2.73. The third-order valence-electron chi connectivity index (χ3n) is 4.04. The fourth-order valence-corrected chi connectivity index (χ4v) is 3.32. The normalized spacial score (nSPS) is 16.9. The summed E-state index contributed by atoms with van der Waals surface area (Å²) in [5.74, 6) is 3.28. The van der Waals surface area contributed by atoms with Crippen molar-refractivity contribution < 1.29 is 14.3 Å². The Morgan fingerprint density at radius 1 is 1.30 bits per heavy atom. The van der Waals surface area contributed by atoms with Gasteiger partial charge in [-0.15, -0.1) is 6.42 Å². The van der Waals surface area contributed by atoms with E-state index in [1.165, 1.54) is 11.8 Å². The van der Waals surface area contributed by atoms with Crippen LogP contribution < -0.4 is 4.74 Å². The third kappa shape index (κ3) is 5.92. The van der Waals surface area contributed by atoms with Crippen molar-refractivity contribution in [2.24, 2.45) is 0 Å². The van der Waals surface area contributed by atoms with Crippen molar-refractivity contribution in [3.8, 4) is 18.1 Å². The molecule has 0 spiro atoms. The van der Waals surface area contributed by atoms with Crippen LogP contribution in [0.2, 0.25) is 0 Å². The van der Waals surface area contributed by atoms with Gasteiger partial charge in [0.1, 0.15) is 18.5 Å². The highest BCUT2D eigenvalue weighted by molar-refractivity contribution is 8.02. The Balaban J connectivity index is 1.48. The maximum absolute atomic E-state index is 12.4. The molecule has 3 rings (SSSR count). The van der Waals surface area contributed by atoms with Gasteiger partial charge in [-0.25, -0.2) is 0 Å². The molecule has 1 fully saturated rings. The molecular weight excluding hydrogens is 358 g/mol. The van der Waals surface area contributed by atoms with Crippen molar-refractivity contribution in [3.05, 3.63) is 71.6 Å². The first kappa shape index (κ1) is 19.1. The summed E-state index contributed by atoms with van der Waals surface area (Å²) in [6.07, 6.45) is 6.85. The Kier molecular flexibility index (Phi) is 6.97. The molecule has 0 saturated carbocycles. The van der Waals surface area contributed by atoms with Gasteiger partial charge in [0.2, 0.25) is 5.91 Å². The number of amides is 1. The molecule has 1 atom stereocenters. The van der Waals surface area contributed by atoms with E-state index < -0.39 is 0 Å². The Labute approximate surface area is 164 Å².